The van der Waals surface area contributed by atoms with Gasteiger partial charge in [-0.1, -0.05) is 6.07 Å². The van der Waals surface area contributed by atoms with Crippen LogP contribution in [0.4, 0.5) is 16.2 Å². The summed E-state index contributed by atoms with van der Waals surface area (Å²) in [4.78, 5) is 30.8. The van der Waals surface area contributed by atoms with Crippen molar-refractivity contribution in [2.24, 2.45) is 0 Å². The molecule has 1 unspecified atom stereocenters. The Morgan fingerprint density at radius 3 is 2.58 bits per heavy atom. The molecule has 0 saturated carbocycles. The van der Waals surface area contributed by atoms with Gasteiger partial charge in [-0.3, -0.25) is 9.69 Å². The molecule has 0 aromatic heterocycles. The molecule has 0 bridgehead atoms. The fraction of sp³-hybridized carbons (Fsp3) is 0.615. The molecule has 9 nitrogen and oxygen atoms in total. The highest BCUT2D eigenvalue weighted by Gasteiger charge is 2.35. The van der Waals surface area contributed by atoms with Crippen molar-refractivity contribution in [3.05, 3.63) is 23.8 Å². The first-order valence-electron chi connectivity index (χ1n) is 12.5. The summed E-state index contributed by atoms with van der Waals surface area (Å²) in [6.07, 6.45) is 6.14. The van der Waals surface area contributed by atoms with Crippen molar-refractivity contribution in [3.63, 3.8) is 0 Å². The number of carbonyl (C=O) groups excluding carboxylic acids is 2. The molecule has 1 aromatic rings. The topological polar surface area (TPSA) is 90.5 Å². The van der Waals surface area contributed by atoms with Crippen molar-refractivity contribution >= 4 is 33.4 Å². The van der Waals surface area contributed by atoms with Crippen molar-refractivity contribution in [2.75, 3.05) is 55.3 Å². The first-order valence-corrected chi connectivity index (χ1v) is 14.1. The normalized spacial score (nSPS) is 20.3. The highest BCUT2D eigenvalue weighted by atomic mass is 32.2. The highest BCUT2D eigenvalue weighted by molar-refractivity contribution is 7.89. The van der Waals surface area contributed by atoms with Crippen LogP contribution in [0.25, 0.3) is 0 Å². The van der Waals surface area contributed by atoms with Gasteiger partial charge >= 0.3 is 6.09 Å². The third-order valence-electron chi connectivity index (χ3n) is 6.64. The van der Waals surface area contributed by atoms with E-state index in [0.29, 0.717) is 56.9 Å². The van der Waals surface area contributed by atoms with E-state index < -0.39 is 16.1 Å². The van der Waals surface area contributed by atoms with E-state index in [1.165, 1.54) is 6.92 Å². The van der Waals surface area contributed by atoms with Crippen molar-refractivity contribution < 1.29 is 22.7 Å². The number of anilines is 2. The number of benzene rings is 1. The zero-order chi connectivity index (χ0) is 26.6. The summed E-state index contributed by atoms with van der Waals surface area (Å²) in [5.74, 6) is 2.85. The first kappa shape index (κ1) is 28.0. The summed E-state index contributed by atoms with van der Waals surface area (Å²) in [6.45, 7) is 9.60. The van der Waals surface area contributed by atoms with Crippen molar-refractivity contribution in [1.82, 2.24) is 9.21 Å². The summed E-state index contributed by atoms with van der Waals surface area (Å²) in [7, 11) is -1.18. The third kappa shape index (κ3) is 6.38. The van der Waals surface area contributed by atoms with E-state index in [1.54, 1.807) is 28.0 Å². The molecule has 1 fully saturated rings. The van der Waals surface area contributed by atoms with Gasteiger partial charge < -0.3 is 14.5 Å². The Labute approximate surface area is 215 Å². The Morgan fingerprint density at radius 2 is 2.00 bits per heavy atom. The lowest BCUT2D eigenvalue weighted by Crippen LogP contribution is -2.51. The summed E-state index contributed by atoms with van der Waals surface area (Å²) in [6, 6.07) is 5.56. The second-order valence-electron chi connectivity index (χ2n) is 9.97. The van der Waals surface area contributed by atoms with Crippen LogP contribution in [0.2, 0.25) is 0 Å². The first-order chi connectivity index (χ1) is 16.9. The Bertz CT molecular complexity index is 1110. The minimum absolute atomic E-state index is 0.0337. The number of nitrogens with zero attached hydrogens (tertiary/aromatic N) is 4. The standard InChI is InChI=1S/C26H38N4O5S/c1-7-9-23(18-27(6)13-14-28-12-8-15-36(28,33)34)22-10-11-24-25(16-22)29(26(32)35-19(2)3)17-20(4)30(24)21(5)31/h1,10-11,16,19-20,23H,8-9,12-15,17-18H2,2-6H3/t20-,23?/m0/s1. The van der Waals surface area contributed by atoms with Crippen LogP contribution in [0.5, 0.6) is 0 Å². The number of ether oxygens (including phenoxy) is 1. The van der Waals surface area contributed by atoms with Gasteiger partial charge in [-0.15, -0.1) is 12.3 Å². The molecule has 10 heteroatoms. The Balaban J connectivity index is 1.86. The van der Waals surface area contributed by atoms with Crippen LogP contribution < -0.4 is 9.80 Å². The van der Waals surface area contributed by atoms with Gasteiger partial charge in [0.2, 0.25) is 15.9 Å². The van der Waals surface area contributed by atoms with Crippen molar-refractivity contribution in [3.8, 4) is 12.3 Å². The molecule has 2 heterocycles. The number of sulfonamides is 1. The lowest BCUT2D eigenvalue weighted by Gasteiger charge is -2.41. The minimum Gasteiger partial charge on any atom is -0.446 e. The molecular formula is C26H38N4O5S. The van der Waals surface area contributed by atoms with E-state index in [-0.39, 0.29) is 29.7 Å². The van der Waals surface area contributed by atoms with Gasteiger partial charge in [0.25, 0.3) is 0 Å². The lowest BCUT2D eigenvalue weighted by molar-refractivity contribution is -0.117. The quantitative estimate of drug-likeness (QED) is 0.492. The van der Waals surface area contributed by atoms with Gasteiger partial charge in [0.15, 0.2) is 0 Å². The SMILES string of the molecule is C#CCC(CN(C)CCN1CCCS1(=O)=O)c1ccc2c(c1)N(C(=O)OC(C)C)C[C@H](C)N2C(C)=O. The molecule has 0 N–H and O–H groups in total. The van der Waals surface area contributed by atoms with Crippen LogP contribution in [0, 0.1) is 12.3 Å². The molecular weight excluding hydrogens is 480 g/mol. The van der Waals surface area contributed by atoms with Gasteiger partial charge in [-0.05, 0) is 51.9 Å². The minimum atomic E-state index is -3.13. The molecule has 1 saturated heterocycles. The summed E-state index contributed by atoms with van der Waals surface area (Å²) < 4.78 is 31.3. The maximum Gasteiger partial charge on any atom is 0.414 e. The molecule has 198 valence electrons. The Kier molecular flexibility index (Phi) is 9.03. The summed E-state index contributed by atoms with van der Waals surface area (Å²) >= 11 is 0. The van der Waals surface area contributed by atoms with Crippen LogP contribution >= 0.6 is 0 Å². The number of rotatable bonds is 8. The smallest absolute Gasteiger partial charge is 0.414 e. The molecule has 1 aromatic carbocycles. The maximum absolute atomic E-state index is 12.9. The zero-order valence-corrected chi connectivity index (χ0v) is 22.8. The van der Waals surface area contributed by atoms with E-state index in [0.717, 1.165) is 5.56 Å². The van der Waals surface area contributed by atoms with Gasteiger partial charge in [0.1, 0.15) is 0 Å². The molecule has 2 aliphatic rings. The molecule has 36 heavy (non-hydrogen) atoms. The van der Waals surface area contributed by atoms with Gasteiger partial charge in [-0.25, -0.2) is 17.5 Å². The fourth-order valence-corrected chi connectivity index (χ4v) is 6.46. The average Bonchev–Trinajstić information content (AvgIpc) is 3.13. The molecule has 0 aliphatic carbocycles. The predicted molar refractivity (Wildman–Crippen MR) is 142 cm³/mol. The zero-order valence-electron chi connectivity index (χ0n) is 21.9. The molecule has 3 rings (SSSR count). The van der Waals surface area contributed by atoms with Gasteiger partial charge in [-0.2, -0.15) is 0 Å². The number of likely N-dealkylation sites (N-methyl/N-ethyl adjacent to an activating group) is 1. The number of hydrogen-bond acceptors (Lipinski definition) is 6. The monoisotopic (exact) mass is 518 g/mol. The predicted octanol–water partition coefficient (Wildman–Crippen LogP) is 2.87. The number of hydrogen-bond donors (Lipinski definition) is 0. The second-order valence-corrected chi connectivity index (χ2v) is 12.1. The van der Waals surface area contributed by atoms with E-state index in [9.17, 15) is 18.0 Å². The maximum atomic E-state index is 12.9. The van der Waals surface area contributed by atoms with Gasteiger partial charge in [0.05, 0.1) is 29.3 Å². The second kappa shape index (κ2) is 11.6. The number of carbonyl (C=O) groups is 2. The number of fused-ring (bicyclic) bond motifs is 1. The van der Waals surface area contributed by atoms with E-state index in [2.05, 4.69) is 10.8 Å². The highest BCUT2D eigenvalue weighted by Crippen LogP contribution is 2.39. The van der Waals surface area contributed by atoms with Crippen LogP contribution in [0.1, 0.15) is 52.0 Å². The Hall–Kier alpha value is -2.61. The van der Waals surface area contributed by atoms with Gasteiger partial charge in [0, 0.05) is 52.0 Å². The van der Waals surface area contributed by atoms with E-state index in [1.807, 2.05) is 32.2 Å². The fourth-order valence-electron chi connectivity index (χ4n) is 4.94. The van der Waals surface area contributed by atoms with E-state index in [4.69, 9.17) is 11.2 Å². The molecule has 2 atom stereocenters. The lowest BCUT2D eigenvalue weighted by atomic mass is 9.93. The van der Waals surface area contributed by atoms with Crippen LogP contribution in [-0.4, -0.2) is 87.3 Å². The van der Waals surface area contributed by atoms with Crippen LogP contribution in [-0.2, 0) is 19.6 Å². The Morgan fingerprint density at radius 1 is 1.28 bits per heavy atom. The summed E-state index contributed by atoms with van der Waals surface area (Å²) in [5.41, 5.74) is 2.24. The molecule has 0 radical (unpaired) electrons. The van der Waals surface area contributed by atoms with E-state index >= 15 is 0 Å². The van der Waals surface area contributed by atoms with Crippen LogP contribution in [0.3, 0.4) is 0 Å². The summed E-state index contributed by atoms with van der Waals surface area (Å²) in [5, 5.41) is 0. The number of terminal acetylenes is 1. The largest absolute Gasteiger partial charge is 0.446 e. The number of amides is 2. The molecule has 2 amide bonds. The molecule has 2 aliphatic heterocycles. The third-order valence-corrected chi connectivity index (χ3v) is 8.59. The van der Waals surface area contributed by atoms with Crippen molar-refractivity contribution in [1.29, 1.82) is 0 Å². The van der Waals surface area contributed by atoms with Crippen LogP contribution in [0.15, 0.2) is 18.2 Å². The van der Waals surface area contributed by atoms with Crippen molar-refractivity contribution in [2.45, 2.75) is 58.6 Å². The molecule has 0 spiro atoms. The average molecular weight is 519 g/mol.